The molecule has 0 heterocycles. The third-order valence-electron chi connectivity index (χ3n) is 2.12. The van der Waals surface area contributed by atoms with E-state index in [0.29, 0.717) is 12.1 Å². The van der Waals surface area contributed by atoms with Gasteiger partial charge in [0.15, 0.2) is 0 Å². The van der Waals surface area contributed by atoms with Gasteiger partial charge in [0.25, 0.3) is 0 Å². The summed E-state index contributed by atoms with van der Waals surface area (Å²) >= 11 is 0. The highest BCUT2D eigenvalue weighted by molar-refractivity contribution is 6.46. The average molecular weight is 219 g/mol. The summed E-state index contributed by atoms with van der Waals surface area (Å²) in [7, 11) is 2.40. The standard InChI is InChI=1S/C9H23N2O2Si/c1-9(14(12-2)13-3)5-4-7-11-8-6-10/h9,11H,4-8,10H2,1-3H3. The smallest absolute Gasteiger partial charge is 0.387 e. The Hall–Kier alpha value is 0.0569. The first-order valence-electron chi connectivity index (χ1n) is 5.11. The van der Waals surface area contributed by atoms with Gasteiger partial charge >= 0.3 is 9.28 Å². The molecule has 0 aliphatic heterocycles. The normalized spacial score (nSPS) is 13.5. The molecule has 0 aliphatic carbocycles. The minimum absolute atomic E-state index is 0.537. The van der Waals surface area contributed by atoms with Gasteiger partial charge in [-0.1, -0.05) is 6.92 Å². The van der Waals surface area contributed by atoms with E-state index >= 15 is 0 Å². The molecule has 0 rings (SSSR count). The summed E-state index contributed by atoms with van der Waals surface area (Å²) in [5.74, 6) is 0. The lowest BCUT2D eigenvalue weighted by atomic mass is 10.2. The van der Waals surface area contributed by atoms with Gasteiger partial charge in [-0.25, -0.2) is 0 Å². The molecular formula is C9H23N2O2Si. The molecule has 0 spiro atoms. The van der Waals surface area contributed by atoms with Crippen LogP contribution in [0.4, 0.5) is 0 Å². The van der Waals surface area contributed by atoms with Crippen LogP contribution in [-0.4, -0.2) is 43.1 Å². The number of nitrogens with two attached hydrogens (primary N) is 1. The first-order chi connectivity index (χ1) is 6.76. The van der Waals surface area contributed by atoms with Gasteiger partial charge in [-0.05, 0) is 19.4 Å². The molecule has 0 saturated carbocycles. The lowest BCUT2D eigenvalue weighted by Gasteiger charge is -2.16. The molecule has 0 aromatic heterocycles. The molecule has 14 heavy (non-hydrogen) atoms. The highest BCUT2D eigenvalue weighted by atomic mass is 28.3. The van der Waals surface area contributed by atoms with Crippen molar-refractivity contribution >= 4 is 9.28 Å². The zero-order valence-electron chi connectivity index (χ0n) is 9.51. The molecule has 1 unspecified atom stereocenters. The van der Waals surface area contributed by atoms with Crippen molar-refractivity contribution in [3.63, 3.8) is 0 Å². The predicted molar refractivity (Wildman–Crippen MR) is 60.4 cm³/mol. The van der Waals surface area contributed by atoms with E-state index in [2.05, 4.69) is 12.2 Å². The topological polar surface area (TPSA) is 56.5 Å². The second-order valence-corrected chi connectivity index (χ2v) is 5.75. The van der Waals surface area contributed by atoms with E-state index in [1.165, 1.54) is 0 Å². The molecule has 0 aromatic carbocycles. The van der Waals surface area contributed by atoms with Crippen molar-refractivity contribution < 1.29 is 8.85 Å². The first kappa shape index (κ1) is 14.1. The Morgan fingerprint density at radius 3 is 2.43 bits per heavy atom. The SMILES string of the molecule is CO[Si](OC)C(C)CCCNCCN. The second-order valence-electron chi connectivity index (χ2n) is 3.31. The van der Waals surface area contributed by atoms with Crippen molar-refractivity contribution in [2.45, 2.75) is 25.3 Å². The molecule has 0 bridgehead atoms. The van der Waals surface area contributed by atoms with E-state index in [0.717, 1.165) is 25.9 Å². The highest BCUT2D eigenvalue weighted by Gasteiger charge is 2.20. The van der Waals surface area contributed by atoms with Gasteiger partial charge in [-0.2, -0.15) is 0 Å². The highest BCUT2D eigenvalue weighted by Crippen LogP contribution is 2.16. The monoisotopic (exact) mass is 219 g/mol. The van der Waals surface area contributed by atoms with E-state index in [1.807, 2.05) is 0 Å². The van der Waals surface area contributed by atoms with Gasteiger partial charge in [0.2, 0.25) is 0 Å². The Balaban J connectivity index is 3.37. The molecular weight excluding hydrogens is 196 g/mol. The second kappa shape index (κ2) is 9.61. The molecule has 85 valence electrons. The zero-order valence-corrected chi connectivity index (χ0v) is 10.5. The van der Waals surface area contributed by atoms with Crippen LogP contribution in [0.5, 0.6) is 0 Å². The fraction of sp³-hybridized carbons (Fsp3) is 1.00. The number of rotatable bonds is 9. The van der Waals surface area contributed by atoms with Crippen LogP contribution in [0.15, 0.2) is 0 Å². The van der Waals surface area contributed by atoms with Crippen LogP contribution in [0, 0.1) is 0 Å². The van der Waals surface area contributed by atoms with Crippen LogP contribution in [0.3, 0.4) is 0 Å². The van der Waals surface area contributed by atoms with E-state index in [4.69, 9.17) is 14.6 Å². The average Bonchev–Trinajstić information content (AvgIpc) is 2.19. The van der Waals surface area contributed by atoms with E-state index in [1.54, 1.807) is 14.2 Å². The molecule has 0 aromatic rings. The van der Waals surface area contributed by atoms with Crippen molar-refractivity contribution in [2.75, 3.05) is 33.9 Å². The van der Waals surface area contributed by atoms with Crippen molar-refractivity contribution in [1.82, 2.24) is 5.32 Å². The quantitative estimate of drug-likeness (QED) is 0.438. The molecule has 0 saturated heterocycles. The summed E-state index contributed by atoms with van der Waals surface area (Å²) < 4.78 is 10.6. The molecule has 0 aliphatic rings. The van der Waals surface area contributed by atoms with Crippen molar-refractivity contribution in [3.8, 4) is 0 Å². The third kappa shape index (κ3) is 6.50. The third-order valence-corrected chi connectivity index (χ3v) is 4.01. The number of hydrogen-bond donors (Lipinski definition) is 2. The fourth-order valence-corrected chi connectivity index (χ4v) is 2.78. The summed E-state index contributed by atoms with van der Waals surface area (Å²) in [5, 5.41) is 3.27. The Labute approximate surface area is 89.0 Å². The van der Waals surface area contributed by atoms with Crippen LogP contribution < -0.4 is 11.1 Å². The molecule has 0 amide bonds. The molecule has 1 radical (unpaired) electrons. The van der Waals surface area contributed by atoms with Gasteiger partial charge in [-0.15, -0.1) is 0 Å². The molecule has 1 atom stereocenters. The van der Waals surface area contributed by atoms with Crippen molar-refractivity contribution in [1.29, 1.82) is 0 Å². The summed E-state index contributed by atoms with van der Waals surface area (Å²) in [6.45, 7) is 4.83. The van der Waals surface area contributed by atoms with Crippen LogP contribution in [0.1, 0.15) is 19.8 Å². The minimum Gasteiger partial charge on any atom is -0.397 e. The molecule has 0 fully saturated rings. The van der Waals surface area contributed by atoms with Crippen LogP contribution in [-0.2, 0) is 8.85 Å². The van der Waals surface area contributed by atoms with Crippen molar-refractivity contribution in [2.24, 2.45) is 5.73 Å². The van der Waals surface area contributed by atoms with Crippen LogP contribution in [0.25, 0.3) is 0 Å². The van der Waals surface area contributed by atoms with Gasteiger partial charge in [0.1, 0.15) is 0 Å². The maximum atomic E-state index is 5.36. The molecule has 3 N–H and O–H groups in total. The number of nitrogens with one attached hydrogen (secondary N) is 1. The van der Waals surface area contributed by atoms with E-state index in [9.17, 15) is 0 Å². The minimum atomic E-state index is -1.05. The van der Waals surface area contributed by atoms with Crippen LogP contribution >= 0.6 is 0 Å². The largest absolute Gasteiger partial charge is 0.397 e. The summed E-state index contributed by atoms with van der Waals surface area (Å²) in [6.07, 6.45) is 2.30. The van der Waals surface area contributed by atoms with Gasteiger partial charge < -0.3 is 19.9 Å². The van der Waals surface area contributed by atoms with Gasteiger partial charge in [0.05, 0.1) is 0 Å². The predicted octanol–water partition coefficient (Wildman–Crippen LogP) is 0.486. The molecule has 4 nitrogen and oxygen atoms in total. The Kier molecular flexibility index (Phi) is 9.64. The molecule has 5 heteroatoms. The van der Waals surface area contributed by atoms with Crippen molar-refractivity contribution in [3.05, 3.63) is 0 Å². The number of hydrogen-bond acceptors (Lipinski definition) is 4. The Morgan fingerprint density at radius 1 is 1.29 bits per heavy atom. The maximum Gasteiger partial charge on any atom is 0.387 e. The Bertz CT molecular complexity index is 123. The summed E-state index contributed by atoms with van der Waals surface area (Å²) in [6, 6.07) is 0. The summed E-state index contributed by atoms with van der Waals surface area (Å²) in [5.41, 5.74) is 5.90. The Morgan fingerprint density at radius 2 is 1.93 bits per heavy atom. The van der Waals surface area contributed by atoms with Crippen LogP contribution in [0.2, 0.25) is 5.54 Å². The van der Waals surface area contributed by atoms with E-state index in [-0.39, 0.29) is 0 Å². The first-order valence-corrected chi connectivity index (χ1v) is 6.51. The van der Waals surface area contributed by atoms with Gasteiger partial charge in [0, 0.05) is 32.9 Å². The van der Waals surface area contributed by atoms with Gasteiger partial charge in [-0.3, -0.25) is 0 Å². The lowest BCUT2D eigenvalue weighted by molar-refractivity contribution is 0.264. The van der Waals surface area contributed by atoms with E-state index < -0.39 is 9.28 Å². The fourth-order valence-electron chi connectivity index (χ4n) is 1.36. The zero-order chi connectivity index (χ0) is 10.8. The summed E-state index contributed by atoms with van der Waals surface area (Å²) in [4.78, 5) is 0. The maximum absolute atomic E-state index is 5.36. The lowest BCUT2D eigenvalue weighted by Crippen LogP contribution is -2.26.